The number of hydrogen-bond donors (Lipinski definition) is 2. The minimum Gasteiger partial charge on any atom is -0.394 e. The molecule has 0 bridgehead atoms. The second-order valence-corrected chi connectivity index (χ2v) is 6.48. The molecule has 0 saturated heterocycles. The Kier molecular flexibility index (Phi) is 6.83. The van der Waals surface area contributed by atoms with E-state index < -0.39 is 0 Å². The van der Waals surface area contributed by atoms with E-state index in [9.17, 15) is 5.11 Å². The minimum absolute atomic E-state index is 0.174. The third-order valence-electron chi connectivity index (χ3n) is 3.13. The van der Waals surface area contributed by atoms with E-state index in [0.29, 0.717) is 0 Å². The normalized spacial score (nSPS) is 14.4. The van der Waals surface area contributed by atoms with Gasteiger partial charge in [-0.15, -0.1) is 11.8 Å². The average molecular weight is 282 g/mol. The number of aliphatic hydroxyl groups is 1. The summed E-state index contributed by atoms with van der Waals surface area (Å²) in [6.45, 7) is 9.46. The van der Waals surface area contributed by atoms with Crippen molar-refractivity contribution in [3.8, 4) is 0 Å². The molecule has 1 aromatic heterocycles. The Balaban J connectivity index is 2.47. The number of aromatic nitrogens is 1. The second kappa shape index (κ2) is 7.88. The highest BCUT2D eigenvalue weighted by Gasteiger charge is 2.21. The van der Waals surface area contributed by atoms with Crippen LogP contribution in [0.5, 0.6) is 0 Å². The van der Waals surface area contributed by atoms with Gasteiger partial charge in [-0.05, 0) is 57.9 Å². The van der Waals surface area contributed by atoms with Crippen LogP contribution in [-0.4, -0.2) is 34.5 Å². The van der Waals surface area contributed by atoms with E-state index in [1.54, 1.807) is 11.8 Å². The van der Waals surface area contributed by atoms with E-state index in [-0.39, 0.29) is 12.1 Å². The number of aliphatic hydroxyl groups excluding tert-OH is 1. The van der Waals surface area contributed by atoms with Crippen molar-refractivity contribution in [2.75, 3.05) is 18.9 Å². The summed E-state index contributed by atoms with van der Waals surface area (Å²) >= 11 is 1.76. The number of nitrogens with one attached hydrogen (secondary N) is 1. The Labute approximate surface area is 121 Å². The van der Waals surface area contributed by atoms with Crippen LogP contribution in [0.2, 0.25) is 0 Å². The van der Waals surface area contributed by atoms with Crippen LogP contribution < -0.4 is 5.32 Å². The predicted octanol–water partition coefficient (Wildman–Crippen LogP) is 2.93. The van der Waals surface area contributed by atoms with Gasteiger partial charge in [0.05, 0.1) is 11.6 Å². The molecule has 1 aromatic rings. The van der Waals surface area contributed by atoms with Crippen LogP contribution >= 0.6 is 11.8 Å². The minimum atomic E-state index is -0.179. The Hall–Kier alpha value is -0.580. The molecule has 3 nitrogen and oxygen atoms in total. The molecule has 0 amide bonds. The van der Waals surface area contributed by atoms with Gasteiger partial charge < -0.3 is 10.4 Å². The van der Waals surface area contributed by atoms with Crippen LogP contribution in [0.1, 0.15) is 37.9 Å². The highest BCUT2D eigenvalue weighted by molar-refractivity contribution is 7.99. The van der Waals surface area contributed by atoms with Crippen LogP contribution in [0.15, 0.2) is 17.2 Å². The fraction of sp³-hybridized carbons (Fsp3) is 0.667. The number of nitrogens with zero attached hydrogens (tertiary/aromatic N) is 1. The Morgan fingerprint density at radius 2 is 2.11 bits per heavy atom. The van der Waals surface area contributed by atoms with Crippen LogP contribution in [0.3, 0.4) is 0 Å². The smallest absolute Gasteiger partial charge is 0.0965 e. The van der Waals surface area contributed by atoms with Crippen molar-refractivity contribution >= 4 is 11.8 Å². The molecule has 0 aliphatic heterocycles. The molecule has 0 radical (unpaired) electrons. The van der Waals surface area contributed by atoms with Crippen LogP contribution in [0, 0.1) is 13.8 Å². The first-order valence-corrected chi connectivity index (χ1v) is 7.91. The molecule has 2 N–H and O–H groups in total. The van der Waals surface area contributed by atoms with Gasteiger partial charge in [-0.1, -0.05) is 6.92 Å². The zero-order valence-corrected chi connectivity index (χ0v) is 13.3. The lowest BCUT2D eigenvalue weighted by Crippen LogP contribution is -2.46. The van der Waals surface area contributed by atoms with Crippen LogP contribution in [-0.2, 0) is 0 Å². The standard InChI is InChI=1S/C15H26N2OS/c1-5-7-16-15(4,11-18)6-8-19-14-10-12(2)9-13(3)17-14/h9-10,16,18H,5-8,11H2,1-4H3. The first kappa shape index (κ1) is 16.5. The second-order valence-electron chi connectivity index (χ2n) is 5.37. The maximum absolute atomic E-state index is 9.51. The highest BCUT2D eigenvalue weighted by atomic mass is 32.2. The molecule has 0 spiro atoms. The number of rotatable bonds is 8. The molecule has 4 heteroatoms. The quantitative estimate of drug-likeness (QED) is 0.720. The Bertz CT molecular complexity index is 377. The van der Waals surface area contributed by atoms with Crippen molar-refractivity contribution < 1.29 is 5.11 Å². The van der Waals surface area contributed by atoms with E-state index in [2.05, 4.69) is 43.2 Å². The summed E-state index contributed by atoms with van der Waals surface area (Å²) in [5, 5.41) is 14.0. The summed E-state index contributed by atoms with van der Waals surface area (Å²) in [6, 6.07) is 4.21. The molecular weight excluding hydrogens is 256 g/mol. The van der Waals surface area contributed by atoms with E-state index in [1.165, 1.54) is 5.56 Å². The number of pyridine rings is 1. The molecule has 1 rings (SSSR count). The molecular formula is C15H26N2OS. The monoisotopic (exact) mass is 282 g/mol. The third kappa shape index (κ3) is 5.93. The molecule has 108 valence electrons. The first-order valence-electron chi connectivity index (χ1n) is 6.93. The van der Waals surface area contributed by atoms with Crippen molar-refractivity contribution in [1.29, 1.82) is 0 Å². The molecule has 19 heavy (non-hydrogen) atoms. The molecule has 0 aliphatic rings. The van der Waals surface area contributed by atoms with Gasteiger partial charge in [0, 0.05) is 17.0 Å². The number of aryl methyl sites for hydroxylation is 2. The van der Waals surface area contributed by atoms with Crippen LogP contribution in [0.4, 0.5) is 0 Å². The zero-order valence-electron chi connectivity index (χ0n) is 12.5. The van der Waals surface area contributed by atoms with Crippen molar-refractivity contribution in [1.82, 2.24) is 10.3 Å². The van der Waals surface area contributed by atoms with Gasteiger partial charge in [0.2, 0.25) is 0 Å². The maximum atomic E-state index is 9.51. The summed E-state index contributed by atoms with van der Waals surface area (Å²) in [4.78, 5) is 4.52. The lowest BCUT2D eigenvalue weighted by molar-refractivity contribution is 0.171. The highest BCUT2D eigenvalue weighted by Crippen LogP contribution is 2.21. The molecule has 1 heterocycles. The van der Waals surface area contributed by atoms with Crippen LogP contribution in [0.25, 0.3) is 0 Å². The van der Waals surface area contributed by atoms with Crippen molar-refractivity contribution in [2.45, 2.75) is 51.1 Å². The lowest BCUT2D eigenvalue weighted by Gasteiger charge is -2.28. The van der Waals surface area contributed by atoms with E-state index in [4.69, 9.17) is 0 Å². The molecule has 1 atom stereocenters. The largest absolute Gasteiger partial charge is 0.394 e. The van der Waals surface area contributed by atoms with Gasteiger partial charge in [0.25, 0.3) is 0 Å². The average Bonchev–Trinajstić information content (AvgIpc) is 2.35. The first-order chi connectivity index (χ1) is 8.99. The topological polar surface area (TPSA) is 45.1 Å². The van der Waals surface area contributed by atoms with Gasteiger partial charge >= 0.3 is 0 Å². The molecule has 1 unspecified atom stereocenters. The van der Waals surface area contributed by atoms with Gasteiger partial charge in [0.1, 0.15) is 0 Å². The lowest BCUT2D eigenvalue weighted by atomic mass is 10.0. The number of hydrogen-bond acceptors (Lipinski definition) is 4. The summed E-state index contributed by atoms with van der Waals surface area (Å²) in [5.41, 5.74) is 2.14. The van der Waals surface area contributed by atoms with Crippen molar-refractivity contribution in [3.63, 3.8) is 0 Å². The van der Waals surface area contributed by atoms with Gasteiger partial charge in [-0.25, -0.2) is 4.98 Å². The zero-order chi connectivity index (χ0) is 14.3. The summed E-state index contributed by atoms with van der Waals surface area (Å²) < 4.78 is 0. The molecule has 0 saturated carbocycles. The van der Waals surface area contributed by atoms with E-state index in [0.717, 1.165) is 35.9 Å². The molecule has 0 fully saturated rings. The van der Waals surface area contributed by atoms with Gasteiger partial charge in [0.15, 0.2) is 0 Å². The molecule has 0 aliphatic carbocycles. The fourth-order valence-corrected chi connectivity index (χ4v) is 3.15. The maximum Gasteiger partial charge on any atom is 0.0965 e. The SMILES string of the molecule is CCCNC(C)(CO)CCSc1cc(C)cc(C)n1. The Morgan fingerprint density at radius 1 is 1.37 bits per heavy atom. The number of thioether (sulfide) groups is 1. The summed E-state index contributed by atoms with van der Waals surface area (Å²) in [6.07, 6.45) is 2.02. The van der Waals surface area contributed by atoms with E-state index in [1.807, 2.05) is 6.92 Å². The van der Waals surface area contributed by atoms with Gasteiger partial charge in [-0.3, -0.25) is 0 Å². The fourth-order valence-electron chi connectivity index (χ4n) is 1.91. The predicted molar refractivity (Wildman–Crippen MR) is 82.8 cm³/mol. The van der Waals surface area contributed by atoms with E-state index >= 15 is 0 Å². The summed E-state index contributed by atoms with van der Waals surface area (Å²) in [7, 11) is 0. The molecule has 0 aromatic carbocycles. The third-order valence-corrected chi connectivity index (χ3v) is 4.04. The van der Waals surface area contributed by atoms with Crippen molar-refractivity contribution in [2.24, 2.45) is 0 Å². The summed E-state index contributed by atoms with van der Waals surface area (Å²) in [5.74, 6) is 0.962. The Morgan fingerprint density at radius 3 is 2.68 bits per heavy atom. The van der Waals surface area contributed by atoms with Gasteiger partial charge in [-0.2, -0.15) is 0 Å². The van der Waals surface area contributed by atoms with Crippen molar-refractivity contribution in [3.05, 3.63) is 23.4 Å².